The first-order chi connectivity index (χ1) is 23.4. The van der Waals surface area contributed by atoms with Crippen molar-refractivity contribution in [2.75, 3.05) is 51.9 Å². The highest BCUT2D eigenvalue weighted by molar-refractivity contribution is 7.11. The van der Waals surface area contributed by atoms with Crippen molar-refractivity contribution in [2.45, 2.75) is 37.4 Å². The summed E-state index contributed by atoms with van der Waals surface area (Å²) in [6.45, 7) is 5.10. The van der Waals surface area contributed by atoms with Gasteiger partial charge in [-0.05, 0) is 43.7 Å². The van der Waals surface area contributed by atoms with Gasteiger partial charge in [0, 0.05) is 66.8 Å². The number of carboxylic acid groups (broad SMARTS) is 1. The van der Waals surface area contributed by atoms with E-state index in [0.717, 1.165) is 0 Å². The molecule has 258 valence electrons. The number of nitrogens with zero attached hydrogens (tertiary/aromatic N) is 5. The van der Waals surface area contributed by atoms with Crippen molar-refractivity contribution in [2.24, 2.45) is 4.99 Å². The molecule has 0 radical (unpaired) electrons. The number of ether oxygens (including phenoxy) is 2. The van der Waals surface area contributed by atoms with E-state index in [4.69, 9.17) is 26.1 Å². The lowest BCUT2D eigenvalue weighted by Gasteiger charge is -2.44. The number of piperazine rings is 1. The molecule has 2 aromatic carbocycles. The van der Waals surface area contributed by atoms with Gasteiger partial charge >= 0.3 is 18.0 Å². The van der Waals surface area contributed by atoms with Gasteiger partial charge in [-0.1, -0.05) is 29.8 Å². The van der Waals surface area contributed by atoms with Gasteiger partial charge in [0.1, 0.15) is 11.9 Å². The number of urea groups is 1. The van der Waals surface area contributed by atoms with Crippen LogP contribution in [0.4, 0.5) is 14.9 Å². The molecule has 2 saturated heterocycles. The SMILES string of the molecule is COC[C@@H]1[C@H]2CN(c3ccc(C(C)(C)C(=O)O)cc3)C(=O)N2CCN1CC1=C(C(=O)OC)[C@H](c2ccc(F)cc2Cl)N=C(c2nccs2)N1. The Morgan fingerprint density at radius 1 is 1.16 bits per heavy atom. The summed E-state index contributed by atoms with van der Waals surface area (Å²) in [4.78, 5) is 53.9. The summed E-state index contributed by atoms with van der Waals surface area (Å²) in [5.74, 6) is -1.64. The number of halogens is 2. The number of carbonyl (C=O) groups excluding carboxylic acids is 2. The predicted molar refractivity (Wildman–Crippen MR) is 183 cm³/mol. The lowest BCUT2D eigenvalue weighted by atomic mass is 9.85. The number of hydrogen-bond acceptors (Lipinski definition) is 10. The average molecular weight is 711 g/mol. The van der Waals surface area contributed by atoms with Crippen molar-refractivity contribution in [1.29, 1.82) is 0 Å². The molecule has 3 atom stereocenters. The number of benzene rings is 2. The number of aliphatic carboxylic acids is 1. The van der Waals surface area contributed by atoms with Crippen molar-refractivity contribution in [3.63, 3.8) is 0 Å². The van der Waals surface area contributed by atoms with E-state index in [2.05, 4.69) is 15.2 Å². The summed E-state index contributed by atoms with van der Waals surface area (Å²) in [6.07, 6.45) is 1.65. The first kappa shape index (κ1) is 34.5. The Bertz CT molecular complexity index is 1820. The third kappa shape index (κ3) is 6.53. The molecule has 12 nitrogen and oxygen atoms in total. The maximum atomic E-state index is 14.1. The molecular formula is C34H36ClFN6O6S. The number of carbonyl (C=O) groups is 3. The number of aliphatic imine (C=N–C) groups is 1. The zero-order valence-electron chi connectivity index (χ0n) is 27.4. The molecule has 6 rings (SSSR count). The molecule has 0 bridgehead atoms. The summed E-state index contributed by atoms with van der Waals surface area (Å²) < 4.78 is 25.0. The van der Waals surface area contributed by atoms with Crippen LogP contribution in [-0.4, -0.2) is 103 Å². The Hall–Kier alpha value is -4.37. The van der Waals surface area contributed by atoms with E-state index in [9.17, 15) is 23.9 Å². The third-order valence-corrected chi connectivity index (χ3v) is 10.5. The zero-order chi connectivity index (χ0) is 35.0. The molecule has 2 fully saturated rings. The molecule has 0 unspecified atom stereocenters. The van der Waals surface area contributed by atoms with Crippen LogP contribution in [-0.2, 0) is 24.5 Å². The van der Waals surface area contributed by atoms with E-state index in [1.165, 1.54) is 36.6 Å². The molecule has 49 heavy (non-hydrogen) atoms. The summed E-state index contributed by atoms with van der Waals surface area (Å²) in [7, 11) is 2.89. The fourth-order valence-electron chi connectivity index (χ4n) is 6.55. The van der Waals surface area contributed by atoms with Crippen molar-refractivity contribution in [3.05, 3.63) is 92.3 Å². The molecule has 0 saturated carbocycles. The molecule has 1 aromatic heterocycles. The van der Waals surface area contributed by atoms with Crippen molar-refractivity contribution < 1.29 is 33.4 Å². The number of nitrogens with one attached hydrogen (secondary N) is 1. The fraction of sp³-hybridized carbons (Fsp3) is 0.382. The Labute approximate surface area is 291 Å². The minimum atomic E-state index is -1.08. The number of hydrogen-bond donors (Lipinski definition) is 2. The van der Waals surface area contributed by atoms with Crippen LogP contribution in [0.2, 0.25) is 5.02 Å². The van der Waals surface area contributed by atoms with E-state index in [1.54, 1.807) is 56.3 Å². The number of amidine groups is 1. The van der Waals surface area contributed by atoms with Gasteiger partial charge in [-0.2, -0.15) is 0 Å². The second-order valence-corrected chi connectivity index (χ2v) is 13.8. The molecule has 2 amide bonds. The molecule has 3 aliphatic heterocycles. The van der Waals surface area contributed by atoms with Gasteiger partial charge in [-0.3, -0.25) is 19.6 Å². The molecule has 2 N–H and O–H groups in total. The van der Waals surface area contributed by atoms with Crippen LogP contribution in [0.5, 0.6) is 0 Å². The molecule has 4 heterocycles. The number of methoxy groups -OCH3 is 2. The highest BCUT2D eigenvalue weighted by Crippen LogP contribution is 2.38. The molecule has 3 aliphatic rings. The minimum absolute atomic E-state index is 0.116. The van der Waals surface area contributed by atoms with E-state index in [1.807, 2.05) is 10.3 Å². The Balaban J connectivity index is 1.33. The summed E-state index contributed by atoms with van der Waals surface area (Å²) in [5, 5.41) is 15.5. The van der Waals surface area contributed by atoms with Gasteiger partial charge in [0.15, 0.2) is 10.8 Å². The van der Waals surface area contributed by atoms with Crippen LogP contribution < -0.4 is 10.2 Å². The monoisotopic (exact) mass is 710 g/mol. The van der Waals surface area contributed by atoms with E-state index in [-0.39, 0.29) is 35.3 Å². The topological polar surface area (TPSA) is 137 Å². The van der Waals surface area contributed by atoms with Crippen LogP contribution in [0, 0.1) is 5.82 Å². The normalized spacial score (nSPS) is 21.4. The minimum Gasteiger partial charge on any atom is -0.481 e. The number of anilines is 1. The lowest BCUT2D eigenvalue weighted by molar-refractivity contribution is -0.142. The first-order valence-corrected chi connectivity index (χ1v) is 16.9. The number of carboxylic acids is 1. The molecule has 15 heteroatoms. The van der Waals surface area contributed by atoms with Crippen molar-refractivity contribution >= 4 is 52.4 Å². The summed E-state index contributed by atoms with van der Waals surface area (Å²) in [6, 6.07) is 9.44. The highest BCUT2D eigenvalue weighted by Gasteiger charge is 2.47. The number of thiazole rings is 1. The Morgan fingerprint density at radius 2 is 1.92 bits per heavy atom. The van der Waals surface area contributed by atoms with Crippen LogP contribution >= 0.6 is 22.9 Å². The molecule has 3 aromatic rings. The molecular weight excluding hydrogens is 675 g/mol. The van der Waals surface area contributed by atoms with Crippen LogP contribution in [0.3, 0.4) is 0 Å². The third-order valence-electron chi connectivity index (χ3n) is 9.35. The number of amides is 2. The Morgan fingerprint density at radius 3 is 2.55 bits per heavy atom. The average Bonchev–Trinajstić information content (AvgIpc) is 3.74. The number of rotatable bonds is 10. The van der Waals surface area contributed by atoms with Crippen LogP contribution in [0.25, 0.3) is 0 Å². The van der Waals surface area contributed by atoms with Gasteiger partial charge < -0.3 is 24.8 Å². The van der Waals surface area contributed by atoms with Gasteiger partial charge in [0.2, 0.25) is 0 Å². The van der Waals surface area contributed by atoms with Gasteiger partial charge in [-0.25, -0.2) is 19.0 Å². The van der Waals surface area contributed by atoms with Crippen LogP contribution in [0.15, 0.2) is 70.3 Å². The second kappa shape index (κ2) is 13.9. The van der Waals surface area contributed by atoms with Gasteiger partial charge in [0.05, 0.1) is 36.8 Å². The first-order valence-electron chi connectivity index (χ1n) is 15.6. The van der Waals surface area contributed by atoms with Gasteiger partial charge in [-0.15, -0.1) is 11.3 Å². The maximum absolute atomic E-state index is 14.1. The zero-order valence-corrected chi connectivity index (χ0v) is 28.9. The summed E-state index contributed by atoms with van der Waals surface area (Å²) >= 11 is 7.89. The second-order valence-electron chi connectivity index (χ2n) is 12.5. The maximum Gasteiger partial charge on any atom is 0.338 e. The smallest absolute Gasteiger partial charge is 0.338 e. The fourth-order valence-corrected chi connectivity index (χ4v) is 7.41. The van der Waals surface area contributed by atoms with E-state index < -0.39 is 29.2 Å². The molecule has 0 spiro atoms. The predicted octanol–water partition coefficient (Wildman–Crippen LogP) is 4.46. The summed E-state index contributed by atoms with van der Waals surface area (Å²) in [5.41, 5.74) is 1.40. The number of aromatic nitrogens is 1. The highest BCUT2D eigenvalue weighted by atomic mass is 35.5. The van der Waals surface area contributed by atoms with E-state index in [0.29, 0.717) is 59.6 Å². The van der Waals surface area contributed by atoms with Crippen LogP contribution in [0.1, 0.15) is 36.0 Å². The number of esters is 1. The lowest BCUT2D eigenvalue weighted by Crippen LogP contribution is -2.61. The Kier molecular flexibility index (Phi) is 9.76. The standard InChI is InChI=1S/C34H36ClFN6O6S/c1-34(2,32(44)45)19-5-8-21(9-6-19)42-17-25-26(18-47-3)40(12-13-41(25)33(42)46)16-24-27(31(43)48-4)28(22-10-7-20(36)15-23(22)35)39-29(38-24)30-37-11-14-49-30/h5-11,14-15,25-26,28H,12-13,16-18H2,1-4H3,(H,38,39)(H,44,45)/t25-,26-,28+/m1/s1. The largest absolute Gasteiger partial charge is 0.481 e. The van der Waals surface area contributed by atoms with Gasteiger partial charge in [0.25, 0.3) is 0 Å². The van der Waals surface area contributed by atoms with Crippen molar-refractivity contribution in [3.8, 4) is 0 Å². The van der Waals surface area contributed by atoms with E-state index >= 15 is 0 Å². The van der Waals surface area contributed by atoms with Crippen molar-refractivity contribution in [1.82, 2.24) is 20.1 Å². The quantitative estimate of drug-likeness (QED) is 0.293. The number of fused-ring (bicyclic) bond motifs is 1. The molecule has 0 aliphatic carbocycles.